The average Bonchev–Trinajstić information content (AvgIpc) is 2.73. The number of nitrogens with one attached hydrogen (secondary N) is 1. The second-order valence-electron chi connectivity index (χ2n) is 5.67. The molecule has 0 amide bonds. The first-order valence-electron chi connectivity index (χ1n) is 6.26. The summed E-state index contributed by atoms with van der Waals surface area (Å²) in [6.07, 6.45) is 1.57. The van der Waals surface area contributed by atoms with Gasteiger partial charge in [0.25, 0.3) is 0 Å². The predicted molar refractivity (Wildman–Crippen MR) is 78.5 cm³/mol. The van der Waals surface area contributed by atoms with Crippen molar-refractivity contribution in [2.75, 3.05) is 0 Å². The molecular formula is C13H21BN2O4. The second kappa shape index (κ2) is 5.93. The standard InChI is InChI=1S/C7H7BN2O2.C6H14O2/c11-8(12)5-1-2-6-7(3-5)10-4-9-6;1-5(2,7)6(3,4)8/h1-4,11-12H,(H,9,10);7-8H,1-4H3. The summed E-state index contributed by atoms with van der Waals surface area (Å²) in [4.78, 5) is 6.88. The van der Waals surface area contributed by atoms with Crippen LogP contribution in [-0.2, 0) is 0 Å². The molecule has 0 atom stereocenters. The molecule has 2 aromatic rings. The number of benzene rings is 1. The maximum absolute atomic E-state index is 9.10. The molecule has 7 heteroatoms. The normalized spacial score (nSPS) is 12.0. The van der Waals surface area contributed by atoms with E-state index in [0.29, 0.717) is 5.46 Å². The molecule has 0 saturated heterocycles. The predicted octanol–water partition coefficient (Wildman–Crippen LogP) is -0.229. The van der Waals surface area contributed by atoms with Crippen molar-refractivity contribution in [3.05, 3.63) is 24.5 Å². The van der Waals surface area contributed by atoms with Gasteiger partial charge in [-0.25, -0.2) is 4.98 Å². The third-order valence-electron chi connectivity index (χ3n) is 3.24. The van der Waals surface area contributed by atoms with E-state index in [4.69, 9.17) is 20.3 Å². The minimum absolute atomic E-state index is 0.465. The minimum atomic E-state index is -1.42. The van der Waals surface area contributed by atoms with Crippen molar-refractivity contribution in [3.8, 4) is 0 Å². The maximum atomic E-state index is 9.10. The van der Waals surface area contributed by atoms with E-state index in [-0.39, 0.29) is 0 Å². The highest BCUT2D eigenvalue weighted by Crippen LogP contribution is 2.19. The number of hydrogen-bond acceptors (Lipinski definition) is 5. The van der Waals surface area contributed by atoms with Crippen molar-refractivity contribution in [1.29, 1.82) is 0 Å². The number of aliphatic hydroxyl groups is 2. The van der Waals surface area contributed by atoms with Crippen LogP contribution in [0.25, 0.3) is 11.0 Å². The smallest absolute Gasteiger partial charge is 0.423 e. The third-order valence-corrected chi connectivity index (χ3v) is 3.24. The number of H-pyrrole nitrogens is 1. The molecule has 2 rings (SSSR count). The SMILES string of the molecule is CC(C)(O)C(C)(C)O.OB(O)c1ccc2nc[nH]c2c1. The van der Waals surface area contributed by atoms with Gasteiger partial charge in [-0.2, -0.15) is 0 Å². The molecule has 0 aliphatic carbocycles. The molecule has 0 unspecified atom stereocenters. The summed E-state index contributed by atoms with van der Waals surface area (Å²) < 4.78 is 0. The zero-order valence-electron chi connectivity index (χ0n) is 12.1. The zero-order chi connectivity index (χ0) is 15.6. The van der Waals surface area contributed by atoms with Crippen LogP contribution in [0.3, 0.4) is 0 Å². The quantitative estimate of drug-likeness (QED) is 0.488. The first kappa shape index (κ1) is 16.6. The van der Waals surface area contributed by atoms with E-state index >= 15 is 0 Å². The summed E-state index contributed by atoms with van der Waals surface area (Å²) in [6.45, 7) is 6.31. The number of aromatic nitrogens is 2. The van der Waals surface area contributed by atoms with Crippen LogP contribution in [-0.4, -0.2) is 48.5 Å². The molecule has 0 fully saturated rings. The number of aromatic amines is 1. The van der Waals surface area contributed by atoms with Gasteiger partial charge in [0.1, 0.15) is 0 Å². The number of fused-ring (bicyclic) bond motifs is 1. The molecule has 0 saturated carbocycles. The second-order valence-corrected chi connectivity index (χ2v) is 5.67. The van der Waals surface area contributed by atoms with Crippen LogP contribution in [0.1, 0.15) is 27.7 Å². The van der Waals surface area contributed by atoms with Gasteiger partial charge in [0.2, 0.25) is 0 Å². The Balaban J connectivity index is 0.000000221. The van der Waals surface area contributed by atoms with Gasteiger partial charge in [-0.1, -0.05) is 6.07 Å². The largest absolute Gasteiger partial charge is 0.488 e. The lowest BCUT2D eigenvalue weighted by atomic mass is 9.80. The molecule has 6 nitrogen and oxygen atoms in total. The fraction of sp³-hybridized carbons (Fsp3) is 0.462. The van der Waals surface area contributed by atoms with Crippen molar-refractivity contribution in [2.45, 2.75) is 38.9 Å². The Kier molecular flexibility index (Phi) is 4.93. The summed E-state index contributed by atoms with van der Waals surface area (Å²) in [5.74, 6) is 0. The van der Waals surface area contributed by atoms with Gasteiger partial charge in [0, 0.05) is 0 Å². The van der Waals surface area contributed by atoms with Crippen LogP contribution in [0, 0.1) is 0 Å². The lowest BCUT2D eigenvalue weighted by Crippen LogP contribution is -2.44. The fourth-order valence-electron chi connectivity index (χ4n) is 1.11. The van der Waals surface area contributed by atoms with E-state index < -0.39 is 18.3 Å². The Hall–Kier alpha value is -1.41. The van der Waals surface area contributed by atoms with Crippen LogP contribution < -0.4 is 5.46 Å². The average molecular weight is 280 g/mol. The highest BCUT2D eigenvalue weighted by Gasteiger charge is 2.31. The van der Waals surface area contributed by atoms with Gasteiger partial charge in [0.05, 0.1) is 28.6 Å². The van der Waals surface area contributed by atoms with Crippen LogP contribution in [0.2, 0.25) is 0 Å². The fourth-order valence-corrected chi connectivity index (χ4v) is 1.11. The van der Waals surface area contributed by atoms with E-state index in [1.807, 2.05) is 0 Å². The number of rotatable bonds is 2. The molecular weight excluding hydrogens is 259 g/mol. The van der Waals surface area contributed by atoms with Crippen LogP contribution >= 0.6 is 0 Å². The molecule has 0 bridgehead atoms. The zero-order valence-corrected chi connectivity index (χ0v) is 12.1. The van der Waals surface area contributed by atoms with Crippen molar-refractivity contribution >= 4 is 23.6 Å². The summed E-state index contributed by atoms with van der Waals surface area (Å²) in [5, 5.41) is 35.9. The lowest BCUT2D eigenvalue weighted by Gasteiger charge is -2.31. The number of imidazole rings is 1. The molecule has 110 valence electrons. The maximum Gasteiger partial charge on any atom is 0.488 e. The molecule has 0 radical (unpaired) electrons. The molecule has 5 N–H and O–H groups in total. The van der Waals surface area contributed by atoms with Crippen molar-refractivity contribution in [1.82, 2.24) is 9.97 Å². The van der Waals surface area contributed by atoms with E-state index in [9.17, 15) is 0 Å². The Morgan fingerprint density at radius 1 is 1.05 bits per heavy atom. The van der Waals surface area contributed by atoms with Crippen molar-refractivity contribution in [3.63, 3.8) is 0 Å². The van der Waals surface area contributed by atoms with Gasteiger partial charge in [-0.3, -0.25) is 0 Å². The summed E-state index contributed by atoms with van der Waals surface area (Å²) in [6, 6.07) is 5.03. The van der Waals surface area contributed by atoms with Crippen LogP contribution in [0.15, 0.2) is 24.5 Å². The highest BCUT2D eigenvalue weighted by atomic mass is 16.4. The Bertz CT molecular complexity index is 543. The van der Waals surface area contributed by atoms with Crippen LogP contribution in [0.4, 0.5) is 0 Å². The van der Waals surface area contributed by atoms with Crippen LogP contribution in [0.5, 0.6) is 0 Å². The minimum Gasteiger partial charge on any atom is -0.423 e. The molecule has 1 aromatic carbocycles. The van der Waals surface area contributed by atoms with Crippen molar-refractivity contribution in [2.24, 2.45) is 0 Å². The summed E-state index contributed by atoms with van der Waals surface area (Å²) >= 11 is 0. The Morgan fingerprint density at radius 3 is 2.05 bits per heavy atom. The van der Waals surface area contributed by atoms with E-state index in [1.54, 1.807) is 52.2 Å². The number of hydrogen-bond donors (Lipinski definition) is 5. The highest BCUT2D eigenvalue weighted by molar-refractivity contribution is 6.58. The van der Waals surface area contributed by atoms with E-state index in [2.05, 4.69) is 9.97 Å². The topological polar surface area (TPSA) is 110 Å². The monoisotopic (exact) mass is 280 g/mol. The van der Waals surface area contributed by atoms with Crippen molar-refractivity contribution < 1.29 is 20.3 Å². The molecule has 0 aliphatic heterocycles. The summed E-state index contributed by atoms with van der Waals surface area (Å²) in [5.41, 5.74) is 0.0757. The van der Waals surface area contributed by atoms with Gasteiger partial charge in [0.15, 0.2) is 0 Å². The first-order chi connectivity index (χ1) is 9.02. The van der Waals surface area contributed by atoms with Gasteiger partial charge in [-0.15, -0.1) is 0 Å². The molecule has 0 spiro atoms. The first-order valence-corrected chi connectivity index (χ1v) is 6.26. The molecule has 20 heavy (non-hydrogen) atoms. The molecule has 0 aliphatic rings. The van der Waals surface area contributed by atoms with Gasteiger partial charge in [-0.05, 0) is 45.3 Å². The van der Waals surface area contributed by atoms with E-state index in [0.717, 1.165) is 11.0 Å². The lowest BCUT2D eigenvalue weighted by molar-refractivity contribution is -0.107. The third kappa shape index (κ3) is 4.31. The number of nitrogens with zero attached hydrogens (tertiary/aromatic N) is 1. The van der Waals surface area contributed by atoms with Gasteiger partial charge >= 0.3 is 7.12 Å². The van der Waals surface area contributed by atoms with Gasteiger partial charge < -0.3 is 25.2 Å². The Labute approximate surface area is 118 Å². The Morgan fingerprint density at radius 2 is 1.60 bits per heavy atom. The summed E-state index contributed by atoms with van der Waals surface area (Å²) in [7, 11) is -1.42. The molecule has 1 heterocycles. The molecule has 1 aromatic heterocycles. The van der Waals surface area contributed by atoms with E-state index in [1.165, 1.54) is 0 Å².